The van der Waals surface area contributed by atoms with Crippen molar-refractivity contribution in [3.63, 3.8) is 0 Å². The van der Waals surface area contributed by atoms with Gasteiger partial charge >= 0.3 is 0 Å². The van der Waals surface area contributed by atoms with Crippen molar-refractivity contribution < 1.29 is 9.47 Å². The zero-order valence-electron chi connectivity index (χ0n) is 10.6. The van der Waals surface area contributed by atoms with Crippen molar-refractivity contribution in [2.24, 2.45) is 0 Å². The average molecular weight is 236 g/mol. The number of rotatable bonds is 1. The van der Waals surface area contributed by atoms with Crippen molar-refractivity contribution in [2.75, 3.05) is 13.2 Å². The predicted molar refractivity (Wildman–Crippen MR) is 63.8 cm³/mol. The summed E-state index contributed by atoms with van der Waals surface area (Å²) in [7, 11) is 0. The van der Waals surface area contributed by atoms with Crippen LogP contribution in [0.1, 0.15) is 43.0 Å². The van der Waals surface area contributed by atoms with Crippen LogP contribution in [0, 0.1) is 13.8 Å². The molecule has 0 atom stereocenters. The van der Waals surface area contributed by atoms with Crippen LogP contribution in [0.4, 0.5) is 0 Å². The molecule has 1 aromatic rings. The first kappa shape index (κ1) is 11.2. The first-order valence-corrected chi connectivity index (χ1v) is 6.49. The quantitative estimate of drug-likeness (QED) is 0.751. The summed E-state index contributed by atoms with van der Waals surface area (Å²) in [6.07, 6.45) is 6.35. The molecule has 1 aliphatic carbocycles. The molecule has 2 aliphatic rings. The summed E-state index contributed by atoms with van der Waals surface area (Å²) < 4.78 is 13.6. The first-order valence-electron chi connectivity index (χ1n) is 6.49. The fourth-order valence-corrected chi connectivity index (χ4v) is 2.85. The van der Waals surface area contributed by atoms with E-state index in [1.165, 1.54) is 5.56 Å². The van der Waals surface area contributed by atoms with E-state index in [1.54, 1.807) is 0 Å². The highest BCUT2D eigenvalue weighted by atomic mass is 16.7. The van der Waals surface area contributed by atoms with Crippen molar-refractivity contribution >= 4 is 0 Å². The monoisotopic (exact) mass is 236 g/mol. The lowest BCUT2D eigenvalue weighted by Gasteiger charge is -2.35. The van der Waals surface area contributed by atoms with Crippen molar-refractivity contribution in [1.29, 1.82) is 0 Å². The number of nitrogens with zero attached hydrogens (tertiary/aromatic N) is 2. The van der Waals surface area contributed by atoms with E-state index in [2.05, 4.69) is 29.8 Å². The topological polar surface area (TPSA) is 36.3 Å². The Morgan fingerprint density at radius 2 is 1.88 bits per heavy atom. The highest BCUT2D eigenvalue weighted by Crippen LogP contribution is 2.40. The number of ether oxygens (including phenoxy) is 2. The van der Waals surface area contributed by atoms with E-state index in [-0.39, 0.29) is 5.79 Å². The Morgan fingerprint density at radius 3 is 2.41 bits per heavy atom. The largest absolute Gasteiger partial charge is 0.348 e. The molecule has 0 bridgehead atoms. The lowest BCUT2D eigenvalue weighted by atomic mass is 9.90. The van der Waals surface area contributed by atoms with Crippen LogP contribution in [0.2, 0.25) is 0 Å². The molecule has 94 valence electrons. The molecule has 1 spiro atoms. The van der Waals surface area contributed by atoms with Gasteiger partial charge in [-0.15, -0.1) is 0 Å². The average Bonchev–Trinajstić information content (AvgIpc) is 2.90. The fraction of sp³-hybridized carbons (Fsp3) is 0.769. The molecule has 17 heavy (non-hydrogen) atoms. The predicted octanol–water partition coefficient (Wildman–Crippen LogP) is 2.36. The van der Waals surface area contributed by atoms with Gasteiger partial charge in [0.2, 0.25) is 0 Å². The van der Waals surface area contributed by atoms with Crippen molar-refractivity contribution in [3.8, 4) is 0 Å². The van der Waals surface area contributed by atoms with E-state index in [1.807, 2.05) is 0 Å². The van der Waals surface area contributed by atoms with Crippen LogP contribution in [-0.2, 0) is 9.47 Å². The van der Waals surface area contributed by atoms with Crippen molar-refractivity contribution in [3.05, 3.63) is 17.5 Å². The highest BCUT2D eigenvalue weighted by molar-refractivity contribution is 5.13. The number of aryl methyl sites for hydroxylation is 2. The molecule has 1 saturated heterocycles. The third-order valence-corrected chi connectivity index (χ3v) is 4.07. The van der Waals surface area contributed by atoms with Crippen LogP contribution >= 0.6 is 0 Å². The summed E-state index contributed by atoms with van der Waals surface area (Å²) in [5.74, 6) is -0.256. The van der Waals surface area contributed by atoms with E-state index >= 15 is 0 Å². The zero-order valence-corrected chi connectivity index (χ0v) is 10.6. The zero-order chi connectivity index (χ0) is 11.9. The van der Waals surface area contributed by atoms with Gasteiger partial charge in [0.1, 0.15) is 0 Å². The van der Waals surface area contributed by atoms with Gasteiger partial charge in [0.25, 0.3) is 0 Å². The van der Waals surface area contributed by atoms with E-state index in [4.69, 9.17) is 9.47 Å². The van der Waals surface area contributed by atoms with E-state index in [9.17, 15) is 0 Å². The van der Waals surface area contributed by atoms with Crippen molar-refractivity contribution in [2.45, 2.75) is 51.4 Å². The minimum atomic E-state index is -0.256. The first-order chi connectivity index (χ1) is 8.19. The molecule has 0 radical (unpaired) electrons. The Balaban J connectivity index is 1.68. The third-order valence-electron chi connectivity index (χ3n) is 4.07. The SMILES string of the molecule is Cc1cn(C2CCC3(CC2)OCCO3)nc1C. The van der Waals surface area contributed by atoms with Crippen LogP contribution < -0.4 is 0 Å². The number of hydrogen-bond acceptors (Lipinski definition) is 3. The maximum Gasteiger partial charge on any atom is 0.168 e. The molecule has 1 aromatic heterocycles. The van der Waals surface area contributed by atoms with Crippen LogP contribution in [-0.4, -0.2) is 28.8 Å². The Bertz CT molecular complexity index is 378. The second kappa shape index (κ2) is 4.10. The molecule has 0 aromatic carbocycles. The van der Waals surface area contributed by atoms with Gasteiger partial charge in [-0.05, 0) is 32.3 Å². The Morgan fingerprint density at radius 1 is 1.24 bits per heavy atom. The van der Waals surface area contributed by atoms with Crippen molar-refractivity contribution in [1.82, 2.24) is 9.78 Å². The lowest BCUT2D eigenvalue weighted by molar-refractivity contribution is -0.181. The van der Waals surface area contributed by atoms with Crippen LogP contribution in [0.3, 0.4) is 0 Å². The van der Waals surface area contributed by atoms with Gasteiger partial charge in [0.05, 0.1) is 24.9 Å². The molecule has 4 heteroatoms. The number of hydrogen-bond donors (Lipinski definition) is 0. The summed E-state index contributed by atoms with van der Waals surface area (Å²) in [6, 6.07) is 0.515. The van der Waals surface area contributed by atoms with E-state index < -0.39 is 0 Å². The molecule has 2 fully saturated rings. The summed E-state index contributed by atoms with van der Waals surface area (Å²) in [5, 5.41) is 4.58. The van der Waals surface area contributed by atoms with Gasteiger partial charge in [-0.1, -0.05) is 0 Å². The summed E-state index contributed by atoms with van der Waals surface area (Å²) in [5.41, 5.74) is 2.41. The van der Waals surface area contributed by atoms with Gasteiger partial charge in [0.15, 0.2) is 5.79 Å². The summed E-state index contributed by atoms with van der Waals surface area (Å²) >= 11 is 0. The smallest absolute Gasteiger partial charge is 0.168 e. The minimum absolute atomic E-state index is 0.256. The molecule has 0 unspecified atom stereocenters. The molecule has 2 heterocycles. The second-order valence-electron chi connectivity index (χ2n) is 5.22. The fourth-order valence-electron chi connectivity index (χ4n) is 2.85. The van der Waals surface area contributed by atoms with Crippen LogP contribution in [0.15, 0.2) is 6.20 Å². The Hall–Kier alpha value is -0.870. The highest BCUT2D eigenvalue weighted by Gasteiger charge is 2.40. The molecule has 1 saturated carbocycles. The van der Waals surface area contributed by atoms with Gasteiger partial charge in [-0.25, -0.2) is 0 Å². The molecule has 3 rings (SSSR count). The standard InChI is InChI=1S/C13H20N2O2/c1-10-9-15(14-11(10)2)12-3-5-13(6-4-12)16-7-8-17-13/h9,12H,3-8H2,1-2H3. The Labute approximate surface area is 102 Å². The van der Waals surface area contributed by atoms with Gasteiger partial charge in [-0.2, -0.15) is 5.10 Å². The van der Waals surface area contributed by atoms with E-state index in [0.29, 0.717) is 6.04 Å². The number of aromatic nitrogens is 2. The van der Waals surface area contributed by atoms with E-state index in [0.717, 1.165) is 44.6 Å². The second-order valence-corrected chi connectivity index (χ2v) is 5.22. The molecular weight excluding hydrogens is 216 g/mol. The minimum Gasteiger partial charge on any atom is -0.348 e. The molecule has 0 N–H and O–H groups in total. The van der Waals surface area contributed by atoms with Gasteiger partial charge in [-0.3, -0.25) is 4.68 Å². The van der Waals surface area contributed by atoms with Crippen LogP contribution in [0.5, 0.6) is 0 Å². The normalized spacial score (nSPS) is 24.6. The maximum atomic E-state index is 5.74. The van der Waals surface area contributed by atoms with Gasteiger partial charge < -0.3 is 9.47 Å². The van der Waals surface area contributed by atoms with Gasteiger partial charge in [0, 0.05) is 19.0 Å². The molecule has 4 nitrogen and oxygen atoms in total. The van der Waals surface area contributed by atoms with Crippen LogP contribution in [0.25, 0.3) is 0 Å². The molecular formula is C13H20N2O2. The summed E-state index contributed by atoms with van der Waals surface area (Å²) in [6.45, 7) is 5.70. The Kier molecular flexibility index (Phi) is 2.71. The maximum absolute atomic E-state index is 5.74. The third kappa shape index (κ3) is 2.00. The molecule has 1 aliphatic heterocycles. The molecule has 0 amide bonds. The lowest BCUT2D eigenvalue weighted by Crippen LogP contribution is -2.35. The summed E-state index contributed by atoms with van der Waals surface area (Å²) in [4.78, 5) is 0.